The molecule has 0 radical (unpaired) electrons. The summed E-state index contributed by atoms with van der Waals surface area (Å²) in [5.41, 5.74) is 0.468. The van der Waals surface area contributed by atoms with Gasteiger partial charge in [-0.3, -0.25) is 4.79 Å². The number of rotatable bonds is 7. The molecule has 0 fully saturated rings. The Bertz CT molecular complexity index is 520. The van der Waals surface area contributed by atoms with Gasteiger partial charge >= 0.3 is 0 Å². The zero-order valence-electron chi connectivity index (χ0n) is 13.1. The van der Waals surface area contributed by atoms with Crippen LogP contribution >= 0.6 is 23.2 Å². The van der Waals surface area contributed by atoms with Gasteiger partial charge in [-0.1, -0.05) is 63.0 Å². The molecule has 0 bridgehead atoms. The van der Waals surface area contributed by atoms with Crippen molar-refractivity contribution in [1.82, 2.24) is 4.90 Å². The topological polar surface area (TPSA) is 20.3 Å². The zero-order chi connectivity index (χ0) is 16.0. The van der Waals surface area contributed by atoms with E-state index in [0.717, 1.165) is 25.2 Å². The maximum absolute atomic E-state index is 12.4. The molecule has 116 valence electrons. The van der Waals surface area contributed by atoms with E-state index in [1.807, 2.05) is 19.9 Å². The number of carbonyl (C=O) groups is 1. The fourth-order valence-corrected chi connectivity index (χ4v) is 2.40. The number of nitrogens with zero attached hydrogens (tertiary/aromatic N) is 1. The Labute approximate surface area is 137 Å². The first-order chi connectivity index (χ1) is 9.80. The lowest BCUT2D eigenvalue weighted by Crippen LogP contribution is -2.38. The SMILES string of the molecule is CCN(CC)CC(C)(C)C(=O)/C=C\c1ccc(Cl)c(Cl)c1. The summed E-state index contributed by atoms with van der Waals surface area (Å²) in [6.45, 7) is 10.8. The van der Waals surface area contributed by atoms with Crippen molar-refractivity contribution in [2.75, 3.05) is 19.6 Å². The molecule has 0 aliphatic heterocycles. The molecule has 0 amide bonds. The number of hydrogen-bond acceptors (Lipinski definition) is 2. The lowest BCUT2D eigenvalue weighted by molar-refractivity contribution is -0.123. The van der Waals surface area contributed by atoms with Crippen LogP contribution in [0.4, 0.5) is 0 Å². The zero-order valence-corrected chi connectivity index (χ0v) is 14.6. The Morgan fingerprint density at radius 3 is 2.33 bits per heavy atom. The first kappa shape index (κ1) is 18.2. The van der Waals surface area contributed by atoms with Crippen LogP contribution in [0, 0.1) is 5.41 Å². The highest BCUT2D eigenvalue weighted by atomic mass is 35.5. The molecule has 0 aromatic heterocycles. The third-order valence-corrected chi connectivity index (χ3v) is 4.29. The minimum absolute atomic E-state index is 0.112. The van der Waals surface area contributed by atoms with E-state index < -0.39 is 5.41 Å². The van der Waals surface area contributed by atoms with Crippen molar-refractivity contribution in [1.29, 1.82) is 0 Å². The van der Waals surface area contributed by atoms with Crippen LogP contribution in [0.1, 0.15) is 33.3 Å². The van der Waals surface area contributed by atoms with Crippen LogP contribution in [-0.4, -0.2) is 30.3 Å². The summed E-state index contributed by atoms with van der Waals surface area (Å²) in [5.74, 6) is 0.112. The van der Waals surface area contributed by atoms with Gasteiger partial charge in [0.1, 0.15) is 0 Å². The molecule has 1 aromatic rings. The van der Waals surface area contributed by atoms with Crippen molar-refractivity contribution in [2.24, 2.45) is 5.41 Å². The van der Waals surface area contributed by atoms with Crippen LogP contribution in [0.3, 0.4) is 0 Å². The van der Waals surface area contributed by atoms with E-state index in [1.54, 1.807) is 24.3 Å². The number of halogens is 2. The molecule has 4 heteroatoms. The van der Waals surface area contributed by atoms with Gasteiger partial charge < -0.3 is 4.90 Å². The lowest BCUT2D eigenvalue weighted by atomic mass is 9.87. The summed E-state index contributed by atoms with van der Waals surface area (Å²) in [4.78, 5) is 14.6. The molecule has 0 aliphatic rings. The van der Waals surface area contributed by atoms with E-state index >= 15 is 0 Å². The first-order valence-electron chi connectivity index (χ1n) is 7.20. The number of allylic oxidation sites excluding steroid dienone is 1. The average molecular weight is 328 g/mol. The van der Waals surface area contributed by atoms with E-state index in [1.165, 1.54) is 0 Å². The molecule has 0 N–H and O–H groups in total. The second-order valence-corrected chi connectivity index (χ2v) is 6.53. The van der Waals surface area contributed by atoms with Crippen LogP contribution in [0.5, 0.6) is 0 Å². The number of benzene rings is 1. The Morgan fingerprint density at radius 1 is 1.19 bits per heavy atom. The van der Waals surface area contributed by atoms with E-state index in [9.17, 15) is 4.79 Å². The quantitative estimate of drug-likeness (QED) is 0.661. The molecule has 1 aromatic carbocycles. The second-order valence-electron chi connectivity index (χ2n) is 5.72. The summed E-state index contributed by atoms with van der Waals surface area (Å²) >= 11 is 11.8. The summed E-state index contributed by atoms with van der Waals surface area (Å²) in [7, 11) is 0. The molecule has 1 rings (SSSR count). The van der Waals surface area contributed by atoms with Crippen molar-refractivity contribution in [3.63, 3.8) is 0 Å². The van der Waals surface area contributed by atoms with Crippen molar-refractivity contribution >= 4 is 35.1 Å². The summed E-state index contributed by atoms with van der Waals surface area (Å²) < 4.78 is 0. The molecule has 0 atom stereocenters. The molecule has 0 saturated heterocycles. The predicted molar refractivity (Wildman–Crippen MR) is 92.1 cm³/mol. The van der Waals surface area contributed by atoms with Crippen molar-refractivity contribution in [2.45, 2.75) is 27.7 Å². The first-order valence-corrected chi connectivity index (χ1v) is 7.95. The molecular formula is C17H23Cl2NO. The normalized spacial score (nSPS) is 12.3. The fraction of sp³-hybridized carbons (Fsp3) is 0.471. The molecule has 0 spiro atoms. The molecule has 2 nitrogen and oxygen atoms in total. The van der Waals surface area contributed by atoms with E-state index in [4.69, 9.17) is 23.2 Å². The van der Waals surface area contributed by atoms with Gasteiger partial charge in [0.25, 0.3) is 0 Å². The monoisotopic (exact) mass is 327 g/mol. The van der Waals surface area contributed by atoms with Crippen LogP contribution in [-0.2, 0) is 4.79 Å². The van der Waals surface area contributed by atoms with Crippen molar-refractivity contribution in [3.05, 3.63) is 39.9 Å². The molecule has 21 heavy (non-hydrogen) atoms. The molecule has 0 heterocycles. The standard InChI is InChI=1S/C17H23Cl2NO/c1-5-20(6-2)12-17(3,4)16(21)10-8-13-7-9-14(18)15(19)11-13/h7-11H,5-6,12H2,1-4H3/b10-8-. The maximum atomic E-state index is 12.4. The fourth-order valence-electron chi connectivity index (χ4n) is 2.10. The van der Waals surface area contributed by atoms with Crippen molar-refractivity contribution in [3.8, 4) is 0 Å². The van der Waals surface area contributed by atoms with Gasteiger partial charge in [-0.2, -0.15) is 0 Å². The van der Waals surface area contributed by atoms with Gasteiger partial charge in [-0.15, -0.1) is 0 Å². The van der Waals surface area contributed by atoms with Crippen LogP contribution in [0.15, 0.2) is 24.3 Å². The number of ketones is 1. The largest absolute Gasteiger partial charge is 0.303 e. The summed E-state index contributed by atoms with van der Waals surface area (Å²) in [5, 5.41) is 1.01. The highest BCUT2D eigenvalue weighted by Gasteiger charge is 2.27. The smallest absolute Gasteiger partial charge is 0.162 e. The predicted octanol–water partition coefficient (Wildman–Crippen LogP) is 4.94. The van der Waals surface area contributed by atoms with E-state index in [-0.39, 0.29) is 5.78 Å². The highest BCUT2D eigenvalue weighted by Crippen LogP contribution is 2.24. The second kappa shape index (κ2) is 7.98. The van der Waals surface area contributed by atoms with Crippen molar-refractivity contribution < 1.29 is 4.79 Å². The molecule has 0 unspecified atom stereocenters. The number of hydrogen-bond donors (Lipinski definition) is 0. The van der Waals surface area contributed by atoms with Crippen LogP contribution < -0.4 is 0 Å². The lowest BCUT2D eigenvalue weighted by Gasteiger charge is -2.29. The highest BCUT2D eigenvalue weighted by molar-refractivity contribution is 6.42. The summed E-state index contributed by atoms with van der Waals surface area (Å²) in [6.07, 6.45) is 3.41. The molecular weight excluding hydrogens is 305 g/mol. The van der Waals surface area contributed by atoms with Gasteiger partial charge in [-0.25, -0.2) is 0 Å². The van der Waals surface area contributed by atoms with Gasteiger partial charge in [0.2, 0.25) is 0 Å². The maximum Gasteiger partial charge on any atom is 0.162 e. The third kappa shape index (κ3) is 5.46. The van der Waals surface area contributed by atoms with Gasteiger partial charge in [0.15, 0.2) is 5.78 Å². The Hall–Kier alpha value is -0.830. The molecule has 0 saturated carbocycles. The average Bonchev–Trinajstić information content (AvgIpc) is 2.45. The minimum Gasteiger partial charge on any atom is -0.303 e. The Morgan fingerprint density at radius 2 is 1.81 bits per heavy atom. The van der Waals surface area contributed by atoms with Crippen LogP contribution in [0.25, 0.3) is 6.08 Å². The summed E-state index contributed by atoms with van der Waals surface area (Å²) in [6, 6.07) is 5.33. The number of carbonyl (C=O) groups excluding carboxylic acids is 1. The minimum atomic E-state index is -0.404. The Kier molecular flexibility index (Phi) is 6.92. The van der Waals surface area contributed by atoms with Gasteiger partial charge in [0, 0.05) is 12.0 Å². The van der Waals surface area contributed by atoms with Gasteiger partial charge in [-0.05, 0) is 36.9 Å². The van der Waals surface area contributed by atoms with Gasteiger partial charge in [0.05, 0.1) is 10.0 Å². The molecule has 0 aliphatic carbocycles. The van der Waals surface area contributed by atoms with Crippen LogP contribution in [0.2, 0.25) is 10.0 Å². The Balaban J connectivity index is 2.78. The third-order valence-electron chi connectivity index (χ3n) is 3.55. The van der Waals surface area contributed by atoms with E-state index in [2.05, 4.69) is 18.7 Å². The van der Waals surface area contributed by atoms with E-state index in [0.29, 0.717) is 10.0 Å².